The van der Waals surface area contributed by atoms with Crippen LogP contribution in [0.1, 0.15) is 23.5 Å². The van der Waals surface area contributed by atoms with Crippen LogP contribution in [0.15, 0.2) is 52.3 Å². The van der Waals surface area contributed by atoms with Gasteiger partial charge >= 0.3 is 5.97 Å². The van der Waals surface area contributed by atoms with Gasteiger partial charge in [-0.3, -0.25) is 9.69 Å². The second kappa shape index (κ2) is 7.09. The number of sulfone groups is 1. The van der Waals surface area contributed by atoms with Gasteiger partial charge in [0.1, 0.15) is 5.75 Å². The lowest BCUT2D eigenvalue weighted by atomic mass is 9.94. The normalized spacial score (nSPS) is 18.1. The van der Waals surface area contributed by atoms with Crippen LogP contribution in [-0.2, 0) is 14.6 Å². The van der Waals surface area contributed by atoms with Crippen molar-refractivity contribution in [1.29, 1.82) is 0 Å². The van der Waals surface area contributed by atoms with Crippen molar-refractivity contribution < 1.29 is 23.4 Å². The highest BCUT2D eigenvalue weighted by Gasteiger charge is 2.27. The van der Waals surface area contributed by atoms with Crippen molar-refractivity contribution in [1.82, 2.24) is 4.90 Å². The molecule has 1 fully saturated rings. The summed E-state index contributed by atoms with van der Waals surface area (Å²) in [4.78, 5) is 13.0. The predicted octanol–water partition coefficient (Wildman–Crippen LogP) is 2.41. The standard InChI is InChI=1S/C19H21NO5S/c1-13-9-17(26(24,25)16-4-2-3-15(21)10-16)5-6-18(13)14-7-8-20(11-14)12-19(22)23/h2-6,9-10,14,21H,7-8,11-12H2,1H3,(H,22,23). The van der Waals surface area contributed by atoms with Gasteiger partial charge in [0.2, 0.25) is 9.84 Å². The molecule has 0 aromatic heterocycles. The summed E-state index contributed by atoms with van der Waals surface area (Å²) in [6, 6.07) is 10.7. The number of carboxylic acid groups (broad SMARTS) is 1. The van der Waals surface area contributed by atoms with Crippen LogP contribution in [0, 0.1) is 6.92 Å². The molecule has 26 heavy (non-hydrogen) atoms. The molecule has 0 radical (unpaired) electrons. The van der Waals surface area contributed by atoms with Gasteiger partial charge in [0, 0.05) is 6.54 Å². The second-order valence-corrected chi connectivity index (χ2v) is 8.58. The third-order valence-electron chi connectivity index (χ3n) is 4.75. The Morgan fingerprint density at radius 3 is 2.58 bits per heavy atom. The molecule has 1 saturated heterocycles. The number of phenolic OH excluding ortho intramolecular Hbond substituents is 1. The molecular formula is C19H21NO5S. The van der Waals surface area contributed by atoms with E-state index in [1.807, 2.05) is 17.9 Å². The van der Waals surface area contributed by atoms with E-state index in [0.717, 1.165) is 24.1 Å². The third-order valence-corrected chi connectivity index (χ3v) is 6.50. The number of aliphatic carboxylic acids is 1. The van der Waals surface area contributed by atoms with Crippen LogP contribution < -0.4 is 0 Å². The molecule has 0 saturated carbocycles. The molecule has 1 aliphatic rings. The number of likely N-dealkylation sites (tertiary alicyclic amines) is 1. The summed E-state index contributed by atoms with van der Waals surface area (Å²) in [6.07, 6.45) is 0.854. The highest BCUT2D eigenvalue weighted by molar-refractivity contribution is 7.91. The lowest BCUT2D eigenvalue weighted by Gasteiger charge is -2.16. The zero-order chi connectivity index (χ0) is 18.9. The molecule has 0 amide bonds. The van der Waals surface area contributed by atoms with Crippen LogP contribution in [0.5, 0.6) is 5.75 Å². The summed E-state index contributed by atoms with van der Waals surface area (Å²) < 4.78 is 25.5. The number of rotatable bonds is 5. The molecule has 0 aliphatic carbocycles. The monoisotopic (exact) mass is 375 g/mol. The quantitative estimate of drug-likeness (QED) is 0.833. The summed E-state index contributed by atoms with van der Waals surface area (Å²) in [5.74, 6) is -0.731. The van der Waals surface area contributed by atoms with Crippen LogP contribution in [0.4, 0.5) is 0 Å². The molecule has 2 aromatic carbocycles. The van der Waals surface area contributed by atoms with Gasteiger partial charge in [0.05, 0.1) is 16.3 Å². The number of carbonyl (C=O) groups is 1. The number of hydrogen-bond donors (Lipinski definition) is 2. The van der Waals surface area contributed by atoms with Crippen molar-refractivity contribution in [2.45, 2.75) is 29.1 Å². The van der Waals surface area contributed by atoms with E-state index in [9.17, 15) is 18.3 Å². The lowest BCUT2D eigenvalue weighted by molar-refractivity contribution is -0.138. The molecule has 6 nitrogen and oxygen atoms in total. The third kappa shape index (κ3) is 3.73. The maximum Gasteiger partial charge on any atom is 0.317 e. The van der Waals surface area contributed by atoms with E-state index in [1.54, 1.807) is 12.1 Å². The first-order valence-electron chi connectivity index (χ1n) is 8.36. The summed E-state index contributed by atoms with van der Waals surface area (Å²) >= 11 is 0. The van der Waals surface area contributed by atoms with Crippen LogP contribution in [0.2, 0.25) is 0 Å². The van der Waals surface area contributed by atoms with Crippen LogP contribution in [0.25, 0.3) is 0 Å². The summed E-state index contributed by atoms with van der Waals surface area (Å²) in [5.41, 5.74) is 1.92. The van der Waals surface area contributed by atoms with Crippen molar-refractivity contribution in [3.8, 4) is 5.75 Å². The lowest BCUT2D eigenvalue weighted by Crippen LogP contribution is -2.27. The minimum Gasteiger partial charge on any atom is -0.508 e. The fraction of sp³-hybridized carbons (Fsp3) is 0.316. The molecule has 0 spiro atoms. The predicted molar refractivity (Wildman–Crippen MR) is 96.2 cm³/mol. The molecule has 7 heteroatoms. The van der Waals surface area contributed by atoms with Crippen LogP contribution in [-0.4, -0.2) is 49.1 Å². The average molecular weight is 375 g/mol. The Labute approximate surface area is 152 Å². The van der Waals surface area contributed by atoms with E-state index in [2.05, 4.69) is 0 Å². The number of phenols is 1. The smallest absolute Gasteiger partial charge is 0.317 e. The van der Waals surface area contributed by atoms with Crippen molar-refractivity contribution in [2.24, 2.45) is 0 Å². The summed E-state index contributed by atoms with van der Waals surface area (Å²) in [6.45, 7) is 3.28. The highest BCUT2D eigenvalue weighted by Crippen LogP contribution is 2.32. The number of nitrogens with zero attached hydrogens (tertiary/aromatic N) is 1. The Morgan fingerprint density at radius 1 is 1.19 bits per heavy atom. The van der Waals surface area contributed by atoms with Gasteiger partial charge in [-0.2, -0.15) is 0 Å². The van der Waals surface area contributed by atoms with Crippen LogP contribution >= 0.6 is 0 Å². The molecule has 1 aliphatic heterocycles. The van der Waals surface area contributed by atoms with E-state index in [0.29, 0.717) is 6.54 Å². The van der Waals surface area contributed by atoms with E-state index in [1.165, 1.54) is 24.3 Å². The Hall–Kier alpha value is -2.38. The molecule has 1 atom stereocenters. The Kier molecular flexibility index (Phi) is 5.02. The maximum absolute atomic E-state index is 12.8. The SMILES string of the molecule is Cc1cc(S(=O)(=O)c2cccc(O)c2)ccc1C1CCN(CC(=O)O)C1. The zero-order valence-corrected chi connectivity index (χ0v) is 15.2. The summed E-state index contributed by atoms with van der Waals surface area (Å²) in [7, 11) is -3.70. The number of aryl methyl sites for hydroxylation is 1. The van der Waals surface area contributed by atoms with Crippen molar-refractivity contribution in [3.63, 3.8) is 0 Å². The minimum absolute atomic E-state index is 0.0273. The van der Waals surface area contributed by atoms with Gasteiger partial charge in [0.25, 0.3) is 0 Å². The van der Waals surface area contributed by atoms with Gasteiger partial charge < -0.3 is 10.2 Å². The molecule has 2 N–H and O–H groups in total. The van der Waals surface area contributed by atoms with Gasteiger partial charge in [0.15, 0.2) is 0 Å². The average Bonchev–Trinajstić information content (AvgIpc) is 3.02. The number of hydrogen-bond acceptors (Lipinski definition) is 5. The molecule has 3 rings (SSSR count). The minimum atomic E-state index is -3.70. The van der Waals surface area contributed by atoms with Crippen LogP contribution in [0.3, 0.4) is 0 Å². The Morgan fingerprint density at radius 2 is 1.92 bits per heavy atom. The first-order chi connectivity index (χ1) is 12.3. The fourth-order valence-corrected chi connectivity index (χ4v) is 4.87. The van der Waals surface area contributed by atoms with Crippen molar-refractivity contribution in [2.75, 3.05) is 19.6 Å². The van der Waals surface area contributed by atoms with Gasteiger partial charge in [-0.1, -0.05) is 12.1 Å². The zero-order valence-electron chi connectivity index (χ0n) is 14.4. The van der Waals surface area contributed by atoms with Gasteiger partial charge in [-0.05, 0) is 67.3 Å². The Balaban J connectivity index is 1.85. The van der Waals surface area contributed by atoms with E-state index >= 15 is 0 Å². The van der Waals surface area contributed by atoms with E-state index < -0.39 is 15.8 Å². The summed E-state index contributed by atoms with van der Waals surface area (Å²) in [5, 5.41) is 18.5. The van der Waals surface area contributed by atoms with Crippen molar-refractivity contribution in [3.05, 3.63) is 53.6 Å². The first-order valence-corrected chi connectivity index (χ1v) is 9.84. The number of aromatic hydroxyl groups is 1. The highest BCUT2D eigenvalue weighted by atomic mass is 32.2. The van der Waals surface area contributed by atoms with Crippen molar-refractivity contribution >= 4 is 15.8 Å². The van der Waals surface area contributed by atoms with E-state index in [-0.39, 0.29) is 28.0 Å². The molecule has 0 bridgehead atoms. The molecule has 1 unspecified atom stereocenters. The topological polar surface area (TPSA) is 94.9 Å². The maximum atomic E-state index is 12.8. The number of benzene rings is 2. The molecule has 2 aromatic rings. The molecular weight excluding hydrogens is 354 g/mol. The van der Waals surface area contributed by atoms with Gasteiger partial charge in [-0.15, -0.1) is 0 Å². The first kappa shape index (κ1) is 18.4. The fourth-order valence-electron chi connectivity index (χ4n) is 3.48. The largest absolute Gasteiger partial charge is 0.508 e. The molecule has 138 valence electrons. The Bertz CT molecular complexity index is 939. The van der Waals surface area contributed by atoms with E-state index in [4.69, 9.17) is 5.11 Å². The van der Waals surface area contributed by atoms with Gasteiger partial charge in [-0.25, -0.2) is 8.42 Å². The molecule has 1 heterocycles. The second-order valence-electron chi connectivity index (χ2n) is 6.63. The number of carboxylic acids is 1.